The van der Waals surface area contributed by atoms with Gasteiger partial charge in [0.2, 0.25) is 0 Å². The summed E-state index contributed by atoms with van der Waals surface area (Å²) in [6.45, 7) is 2.85. The second kappa shape index (κ2) is 12.3. The summed E-state index contributed by atoms with van der Waals surface area (Å²) in [5.74, 6) is 1.84. The maximum absolute atomic E-state index is 12.3. The first-order chi connectivity index (χ1) is 19.2. The molecule has 0 saturated carbocycles. The van der Waals surface area contributed by atoms with Gasteiger partial charge in [0.1, 0.15) is 30.4 Å². The molecule has 2 aromatic carbocycles. The Bertz CT molecular complexity index is 1280. The van der Waals surface area contributed by atoms with E-state index >= 15 is 0 Å². The number of imidazole rings is 1. The number of hydrogen-bond acceptors (Lipinski definition) is 8. The number of alkyl halides is 3. The molecule has 3 aromatic rings. The van der Waals surface area contributed by atoms with Crippen LogP contribution in [0.4, 0.5) is 24.7 Å². The number of aromatic nitrogens is 2. The topological polar surface area (TPSA) is 91.9 Å². The van der Waals surface area contributed by atoms with Crippen LogP contribution in [0.3, 0.4) is 0 Å². The molecule has 1 saturated heterocycles. The molecular formula is C27H29F3N4O5S. The third kappa shape index (κ3) is 7.52. The average molecular weight is 579 g/mol. The summed E-state index contributed by atoms with van der Waals surface area (Å²) < 4.78 is 54.1. The predicted molar refractivity (Wildman–Crippen MR) is 143 cm³/mol. The Morgan fingerprint density at radius 2 is 1.73 bits per heavy atom. The molecule has 1 fully saturated rings. The van der Waals surface area contributed by atoms with Crippen molar-refractivity contribution in [2.45, 2.75) is 49.6 Å². The Hall–Kier alpha value is -3.61. The minimum Gasteiger partial charge on any atom is -0.490 e. The molecule has 13 heteroatoms. The predicted octanol–water partition coefficient (Wildman–Crippen LogP) is 6.32. The monoisotopic (exact) mass is 578 g/mol. The smallest absolute Gasteiger partial charge is 0.490 e. The number of rotatable bonds is 10. The molecule has 0 unspecified atom stereocenters. The van der Waals surface area contributed by atoms with Crippen molar-refractivity contribution in [1.29, 1.82) is 0 Å². The molecule has 0 radical (unpaired) electrons. The van der Waals surface area contributed by atoms with Gasteiger partial charge in [-0.3, -0.25) is 4.57 Å². The van der Waals surface area contributed by atoms with Crippen molar-refractivity contribution >= 4 is 23.3 Å². The Morgan fingerprint density at radius 3 is 2.40 bits per heavy atom. The van der Waals surface area contributed by atoms with Gasteiger partial charge in [-0.25, -0.2) is 0 Å². The number of benzene rings is 2. The van der Waals surface area contributed by atoms with E-state index in [4.69, 9.17) is 9.47 Å². The highest BCUT2D eigenvalue weighted by atomic mass is 32.2. The van der Waals surface area contributed by atoms with E-state index in [9.17, 15) is 23.3 Å². The number of anilines is 1. The van der Waals surface area contributed by atoms with Crippen LogP contribution in [0, 0.1) is 16.0 Å². The van der Waals surface area contributed by atoms with Crippen LogP contribution in [0.2, 0.25) is 0 Å². The molecule has 2 aliphatic rings. The molecule has 0 amide bonds. The minimum atomic E-state index is -4.67. The van der Waals surface area contributed by atoms with Crippen LogP contribution in [-0.4, -0.2) is 52.4 Å². The van der Waals surface area contributed by atoms with Crippen molar-refractivity contribution in [2.75, 3.05) is 30.3 Å². The molecule has 1 atom stereocenters. The van der Waals surface area contributed by atoms with E-state index in [1.165, 1.54) is 18.3 Å². The lowest BCUT2D eigenvalue weighted by Crippen LogP contribution is -2.33. The summed E-state index contributed by atoms with van der Waals surface area (Å²) in [4.78, 5) is 17.6. The maximum atomic E-state index is 12.3. The molecule has 0 bridgehead atoms. The van der Waals surface area contributed by atoms with Gasteiger partial charge in [0.05, 0.1) is 0 Å². The van der Waals surface area contributed by atoms with Crippen LogP contribution in [-0.2, 0) is 6.54 Å². The van der Waals surface area contributed by atoms with Gasteiger partial charge in [-0.05, 0) is 84.4 Å². The molecule has 40 heavy (non-hydrogen) atoms. The summed E-state index contributed by atoms with van der Waals surface area (Å²) in [6.07, 6.45) is 0.392. The van der Waals surface area contributed by atoms with Gasteiger partial charge in [0, 0.05) is 41.6 Å². The van der Waals surface area contributed by atoms with Crippen molar-refractivity contribution in [3.63, 3.8) is 0 Å². The highest BCUT2D eigenvalue weighted by Gasteiger charge is 2.31. The third-order valence-corrected chi connectivity index (χ3v) is 8.03. The van der Waals surface area contributed by atoms with Crippen LogP contribution in [0.25, 0.3) is 0 Å². The fraction of sp³-hybridized carbons (Fsp3) is 0.444. The average Bonchev–Trinajstić information content (AvgIpc) is 3.37. The first kappa shape index (κ1) is 27.9. The van der Waals surface area contributed by atoms with Gasteiger partial charge in [0.15, 0.2) is 0 Å². The van der Waals surface area contributed by atoms with Crippen molar-refractivity contribution in [3.05, 3.63) is 64.8 Å². The van der Waals surface area contributed by atoms with Crippen molar-refractivity contribution in [2.24, 2.45) is 5.92 Å². The Morgan fingerprint density at radius 1 is 1.02 bits per heavy atom. The lowest BCUT2D eigenvalue weighted by molar-refractivity contribution is -0.389. The zero-order valence-electron chi connectivity index (χ0n) is 21.6. The zero-order chi connectivity index (χ0) is 28.1. The van der Waals surface area contributed by atoms with Crippen LogP contribution < -0.4 is 19.1 Å². The quantitative estimate of drug-likeness (QED) is 0.157. The number of piperidine rings is 1. The summed E-state index contributed by atoms with van der Waals surface area (Å²) in [5, 5.41) is 10.9. The molecule has 0 aliphatic carbocycles. The fourth-order valence-corrected chi connectivity index (χ4v) is 5.85. The number of halogens is 3. The number of hydrogen-bond donors (Lipinski definition) is 0. The second-order valence-corrected chi connectivity index (χ2v) is 10.9. The van der Waals surface area contributed by atoms with Crippen LogP contribution in [0.1, 0.15) is 25.7 Å². The number of nitro groups is 1. The summed E-state index contributed by atoms with van der Waals surface area (Å²) in [7, 11) is 0. The van der Waals surface area contributed by atoms with Crippen molar-refractivity contribution < 1.29 is 32.3 Å². The van der Waals surface area contributed by atoms with Gasteiger partial charge in [-0.1, -0.05) is 0 Å². The molecule has 0 N–H and O–H groups in total. The number of aryl methyl sites for hydroxylation is 1. The Labute approximate surface area is 233 Å². The zero-order valence-corrected chi connectivity index (χ0v) is 22.4. The molecule has 9 nitrogen and oxygen atoms in total. The summed E-state index contributed by atoms with van der Waals surface area (Å²) in [6, 6.07) is 14.2. The number of thioether (sulfide) groups is 1. The number of fused-ring (bicyclic) bond motifs is 1. The molecule has 0 spiro atoms. The standard InChI is InChI=1S/C27H29F3N4O5S/c28-27(29,30)39-22-5-7-24(8-6-22)40-16-12-19-9-13-32(14-10-19)20-1-3-21(4-2-20)37-18-23-11-15-33-17-25(34(35)36)31-26(33)38-23/h1-8,17,19,23H,9-16,18H2/t23-/m1/s1. The largest absolute Gasteiger partial charge is 0.573 e. The first-order valence-electron chi connectivity index (χ1n) is 13.1. The number of ether oxygens (including phenoxy) is 3. The van der Waals surface area contributed by atoms with E-state index in [-0.39, 0.29) is 23.7 Å². The molecular weight excluding hydrogens is 549 g/mol. The highest BCUT2D eigenvalue weighted by Crippen LogP contribution is 2.31. The van der Waals surface area contributed by atoms with Gasteiger partial charge in [0.25, 0.3) is 0 Å². The highest BCUT2D eigenvalue weighted by molar-refractivity contribution is 7.99. The van der Waals surface area contributed by atoms with Crippen LogP contribution in [0.5, 0.6) is 17.5 Å². The van der Waals surface area contributed by atoms with Gasteiger partial charge in [-0.15, -0.1) is 24.9 Å². The van der Waals surface area contributed by atoms with E-state index in [0.29, 0.717) is 25.5 Å². The molecule has 1 aromatic heterocycles. The first-order valence-corrected chi connectivity index (χ1v) is 14.0. The van der Waals surface area contributed by atoms with Crippen molar-refractivity contribution in [1.82, 2.24) is 9.55 Å². The second-order valence-electron chi connectivity index (χ2n) is 9.75. The van der Waals surface area contributed by atoms with E-state index < -0.39 is 11.3 Å². The Balaban J connectivity index is 1.01. The molecule has 3 heterocycles. The SMILES string of the molecule is O=[N+]([O-])c1cn2c(n1)O[C@@H](COc1ccc(N3CCC(CCSc4ccc(OC(F)(F)F)cc4)CC3)cc1)CC2. The molecule has 5 rings (SSSR count). The van der Waals surface area contributed by atoms with Gasteiger partial charge >= 0.3 is 18.2 Å². The van der Waals surface area contributed by atoms with Crippen molar-refractivity contribution in [3.8, 4) is 17.5 Å². The summed E-state index contributed by atoms with van der Waals surface area (Å²) in [5.41, 5.74) is 1.14. The lowest BCUT2D eigenvalue weighted by Gasteiger charge is -2.33. The molecule has 214 valence electrons. The van der Waals surface area contributed by atoms with E-state index in [1.807, 2.05) is 12.1 Å². The van der Waals surface area contributed by atoms with Gasteiger partial charge in [-0.2, -0.15) is 0 Å². The lowest BCUT2D eigenvalue weighted by atomic mass is 9.94. The Kier molecular flexibility index (Phi) is 8.57. The van der Waals surface area contributed by atoms with Crippen LogP contribution >= 0.6 is 11.8 Å². The number of nitrogens with zero attached hydrogens (tertiary/aromatic N) is 4. The molecule has 2 aliphatic heterocycles. The summed E-state index contributed by atoms with van der Waals surface area (Å²) >= 11 is 1.65. The van der Waals surface area contributed by atoms with Crippen LogP contribution in [0.15, 0.2) is 59.6 Å². The maximum Gasteiger partial charge on any atom is 0.573 e. The fourth-order valence-electron chi connectivity index (χ4n) is 4.84. The van der Waals surface area contributed by atoms with E-state index in [1.54, 1.807) is 28.5 Å². The van der Waals surface area contributed by atoms with E-state index in [0.717, 1.165) is 54.4 Å². The normalized spacial score (nSPS) is 17.7. The van der Waals surface area contributed by atoms with E-state index in [2.05, 4.69) is 26.8 Å². The van der Waals surface area contributed by atoms with Gasteiger partial charge < -0.3 is 29.2 Å². The third-order valence-electron chi connectivity index (χ3n) is 6.98. The minimum absolute atomic E-state index is 0.203.